The topological polar surface area (TPSA) is 59.9 Å². The summed E-state index contributed by atoms with van der Waals surface area (Å²) >= 11 is 0. The summed E-state index contributed by atoms with van der Waals surface area (Å²) in [7, 11) is 3.04. The van der Waals surface area contributed by atoms with Crippen molar-refractivity contribution in [3.05, 3.63) is 52.1 Å². The number of carbonyl (C=O) groups excluding carboxylic acids is 1. The van der Waals surface area contributed by atoms with E-state index in [0.29, 0.717) is 18.7 Å². The molecule has 0 spiro atoms. The van der Waals surface area contributed by atoms with E-state index in [1.165, 1.54) is 18.3 Å². The highest BCUT2D eigenvalue weighted by Crippen LogP contribution is 2.31. The van der Waals surface area contributed by atoms with E-state index in [-0.39, 0.29) is 5.91 Å². The van der Waals surface area contributed by atoms with E-state index in [2.05, 4.69) is 24.3 Å². The third-order valence-electron chi connectivity index (χ3n) is 4.48. The molecule has 0 bridgehead atoms. The maximum Gasteiger partial charge on any atom is 0.273 e. The molecule has 0 atom stereocenters. The molecular weight excluding hydrogens is 316 g/mol. The van der Waals surface area contributed by atoms with E-state index in [0.717, 1.165) is 28.9 Å². The molecule has 1 aromatic carbocycles. The Labute approximate surface area is 149 Å². The molecule has 1 aromatic rings. The fourth-order valence-corrected chi connectivity index (χ4v) is 2.83. The molecule has 0 aliphatic heterocycles. The summed E-state index contributed by atoms with van der Waals surface area (Å²) in [5, 5.41) is 6.61. The Morgan fingerprint density at radius 2 is 1.84 bits per heavy atom. The van der Waals surface area contributed by atoms with Gasteiger partial charge in [-0.2, -0.15) is 0 Å². The Morgan fingerprint density at radius 3 is 2.48 bits per heavy atom. The fourth-order valence-electron chi connectivity index (χ4n) is 2.83. The molecule has 1 aliphatic carbocycles. The van der Waals surface area contributed by atoms with E-state index in [4.69, 9.17) is 9.57 Å². The molecule has 0 unspecified atom stereocenters. The highest BCUT2D eigenvalue weighted by molar-refractivity contribution is 6.45. The number of rotatable bonds is 6. The lowest BCUT2D eigenvalue weighted by Crippen LogP contribution is -2.31. The summed E-state index contributed by atoms with van der Waals surface area (Å²) in [5.41, 5.74) is 5.91. The minimum absolute atomic E-state index is 0.252. The predicted molar refractivity (Wildman–Crippen MR) is 99.8 cm³/mol. The highest BCUT2D eigenvalue weighted by Gasteiger charge is 2.25. The SMILES string of the molecule is CNC(=O)/C(=N\OC)C1=C(COc2ccccc2C)CC(C)=C(C)C1. The van der Waals surface area contributed by atoms with Gasteiger partial charge in [0.05, 0.1) is 0 Å². The van der Waals surface area contributed by atoms with Gasteiger partial charge in [-0.15, -0.1) is 0 Å². The molecule has 134 valence electrons. The van der Waals surface area contributed by atoms with Gasteiger partial charge in [-0.05, 0) is 56.4 Å². The monoisotopic (exact) mass is 342 g/mol. The van der Waals surface area contributed by atoms with Crippen LogP contribution >= 0.6 is 0 Å². The number of ether oxygens (including phenoxy) is 1. The number of hydrogen-bond acceptors (Lipinski definition) is 4. The van der Waals surface area contributed by atoms with Gasteiger partial charge >= 0.3 is 0 Å². The largest absolute Gasteiger partial charge is 0.489 e. The summed E-state index contributed by atoms with van der Waals surface area (Å²) in [6.07, 6.45) is 1.45. The third-order valence-corrected chi connectivity index (χ3v) is 4.48. The van der Waals surface area contributed by atoms with Crippen LogP contribution < -0.4 is 10.1 Å². The first kappa shape index (κ1) is 18.8. The maximum absolute atomic E-state index is 12.3. The number of para-hydroxylation sites is 1. The van der Waals surface area contributed by atoms with Crippen molar-refractivity contribution in [2.24, 2.45) is 5.16 Å². The average molecular weight is 342 g/mol. The Bertz CT molecular complexity index is 745. The van der Waals surface area contributed by atoms with Crippen LogP contribution in [-0.4, -0.2) is 32.4 Å². The van der Waals surface area contributed by atoms with Crippen LogP contribution in [0.2, 0.25) is 0 Å². The molecule has 1 N–H and O–H groups in total. The fraction of sp³-hybridized carbons (Fsp3) is 0.400. The summed E-state index contributed by atoms with van der Waals surface area (Å²) in [6.45, 7) is 6.64. The minimum Gasteiger partial charge on any atom is -0.489 e. The van der Waals surface area contributed by atoms with Crippen molar-refractivity contribution in [3.63, 3.8) is 0 Å². The molecule has 0 radical (unpaired) electrons. The zero-order chi connectivity index (χ0) is 18.4. The van der Waals surface area contributed by atoms with Crippen molar-refractivity contribution in [1.82, 2.24) is 5.32 Å². The van der Waals surface area contributed by atoms with Gasteiger partial charge in [0.1, 0.15) is 19.5 Å². The Hall–Kier alpha value is -2.56. The zero-order valence-corrected chi connectivity index (χ0v) is 15.6. The number of aryl methyl sites for hydroxylation is 1. The summed E-state index contributed by atoms with van der Waals surface area (Å²) < 4.78 is 6.02. The summed E-state index contributed by atoms with van der Waals surface area (Å²) in [6, 6.07) is 7.91. The second-order valence-corrected chi connectivity index (χ2v) is 6.25. The van der Waals surface area contributed by atoms with Gasteiger partial charge in [-0.25, -0.2) is 0 Å². The molecule has 2 rings (SSSR count). The molecule has 1 aliphatic rings. The number of hydrogen-bond donors (Lipinski definition) is 1. The van der Waals surface area contributed by atoms with Crippen LogP contribution in [0, 0.1) is 6.92 Å². The second kappa shape index (κ2) is 8.51. The third kappa shape index (κ3) is 4.50. The van der Waals surface area contributed by atoms with Crippen LogP contribution in [0.15, 0.2) is 51.7 Å². The number of nitrogens with zero attached hydrogens (tertiary/aromatic N) is 1. The molecule has 5 nitrogen and oxygen atoms in total. The molecule has 0 heterocycles. The lowest BCUT2D eigenvalue weighted by molar-refractivity contribution is -0.114. The van der Waals surface area contributed by atoms with E-state index < -0.39 is 0 Å². The van der Waals surface area contributed by atoms with E-state index in [1.807, 2.05) is 31.2 Å². The standard InChI is InChI=1S/C20H26N2O3/c1-13-8-6-7-9-18(13)25-12-16-10-14(2)15(3)11-17(16)19(22-24-5)20(23)21-4/h6-9H,10-12H2,1-5H3,(H,21,23)/b22-19-. The molecule has 0 fully saturated rings. The van der Waals surface area contributed by atoms with Crippen molar-refractivity contribution in [2.75, 3.05) is 20.8 Å². The second-order valence-electron chi connectivity index (χ2n) is 6.25. The average Bonchev–Trinajstić information content (AvgIpc) is 2.61. The molecule has 0 saturated carbocycles. The minimum atomic E-state index is -0.252. The number of allylic oxidation sites excluding steroid dienone is 2. The zero-order valence-electron chi connectivity index (χ0n) is 15.6. The number of benzene rings is 1. The lowest BCUT2D eigenvalue weighted by atomic mass is 9.85. The van der Waals surface area contributed by atoms with Crippen molar-refractivity contribution >= 4 is 11.6 Å². The molecule has 0 aromatic heterocycles. The number of oxime groups is 1. The van der Waals surface area contributed by atoms with Crippen LogP contribution in [0.25, 0.3) is 0 Å². The van der Waals surface area contributed by atoms with Gasteiger partial charge in [-0.3, -0.25) is 4.79 Å². The number of nitrogens with one attached hydrogen (secondary N) is 1. The lowest BCUT2D eigenvalue weighted by Gasteiger charge is -2.24. The number of carbonyl (C=O) groups is 1. The van der Waals surface area contributed by atoms with Gasteiger partial charge in [0.15, 0.2) is 5.71 Å². The Morgan fingerprint density at radius 1 is 1.16 bits per heavy atom. The first-order chi connectivity index (χ1) is 12.0. The smallest absolute Gasteiger partial charge is 0.273 e. The quantitative estimate of drug-likeness (QED) is 0.489. The molecule has 5 heteroatoms. The summed E-state index contributed by atoms with van der Waals surface area (Å²) in [5.74, 6) is 0.598. The summed E-state index contributed by atoms with van der Waals surface area (Å²) in [4.78, 5) is 17.2. The first-order valence-corrected chi connectivity index (χ1v) is 8.36. The normalized spacial score (nSPS) is 15.3. The van der Waals surface area contributed by atoms with Crippen molar-refractivity contribution in [2.45, 2.75) is 33.6 Å². The molecular formula is C20H26N2O3. The van der Waals surface area contributed by atoms with Crippen LogP contribution in [0.1, 0.15) is 32.3 Å². The Kier molecular flexibility index (Phi) is 6.39. The van der Waals surface area contributed by atoms with Crippen LogP contribution in [0.4, 0.5) is 0 Å². The van der Waals surface area contributed by atoms with Crippen LogP contribution in [-0.2, 0) is 9.63 Å². The van der Waals surface area contributed by atoms with Gasteiger partial charge in [0.25, 0.3) is 5.91 Å². The maximum atomic E-state index is 12.3. The molecule has 0 saturated heterocycles. The van der Waals surface area contributed by atoms with Gasteiger partial charge in [0.2, 0.25) is 0 Å². The van der Waals surface area contributed by atoms with Gasteiger partial charge in [0, 0.05) is 7.05 Å². The van der Waals surface area contributed by atoms with E-state index in [9.17, 15) is 4.79 Å². The molecule has 25 heavy (non-hydrogen) atoms. The first-order valence-electron chi connectivity index (χ1n) is 8.36. The molecule has 1 amide bonds. The predicted octanol–water partition coefficient (Wildman–Crippen LogP) is 3.55. The number of amides is 1. The van der Waals surface area contributed by atoms with E-state index in [1.54, 1.807) is 7.05 Å². The highest BCUT2D eigenvalue weighted by atomic mass is 16.6. The van der Waals surface area contributed by atoms with Crippen LogP contribution in [0.3, 0.4) is 0 Å². The Balaban J connectivity index is 2.34. The van der Waals surface area contributed by atoms with Crippen molar-refractivity contribution < 1.29 is 14.4 Å². The van der Waals surface area contributed by atoms with Crippen molar-refractivity contribution in [1.29, 1.82) is 0 Å². The van der Waals surface area contributed by atoms with E-state index >= 15 is 0 Å². The van der Waals surface area contributed by atoms with Gasteiger partial charge < -0.3 is 14.9 Å². The van der Waals surface area contributed by atoms with Crippen molar-refractivity contribution in [3.8, 4) is 5.75 Å². The van der Waals surface area contributed by atoms with Crippen LogP contribution in [0.5, 0.6) is 5.75 Å². The van der Waals surface area contributed by atoms with Gasteiger partial charge in [-0.1, -0.05) is 34.5 Å².